The predicted octanol–water partition coefficient (Wildman–Crippen LogP) is 2.26. The van der Waals surface area contributed by atoms with E-state index < -0.39 is 0 Å². The predicted molar refractivity (Wildman–Crippen MR) is 112 cm³/mol. The minimum absolute atomic E-state index is 0.00215. The van der Waals surface area contributed by atoms with Crippen LogP contribution in [0.4, 0.5) is 0 Å². The van der Waals surface area contributed by atoms with Crippen molar-refractivity contribution in [2.75, 3.05) is 32.8 Å². The first-order chi connectivity index (χ1) is 14.2. The molecule has 150 valence electrons. The lowest BCUT2D eigenvalue weighted by molar-refractivity contribution is 0.121. The van der Waals surface area contributed by atoms with E-state index in [1.54, 1.807) is 10.5 Å². The number of aryl methyl sites for hydroxylation is 1. The Kier molecular flexibility index (Phi) is 4.81. The summed E-state index contributed by atoms with van der Waals surface area (Å²) in [6, 6.07) is 14.1. The highest BCUT2D eigenvalue weighted by Crippen LogP contribution is 2.26. The summed E-state index contributed by atoms with van der Waals surface area (Å²) >= 11 is 0. The third-order valence-corrected chi connectivity index (χ3v) is 5.94. The maximum atomic E-state index is 12.5. The number of fused-ring (bicyclic) bond motifs is 2. The Hall–Kier alpha value is -2.70. The lowest BCUT2D eigenvalue weighted by atomic mass is 10.1. The molecule has 2 aliphatic rings. The molecule has 1 aromatic carbocycles. The van der Waals surface area contributed by atoms with Gasteiger partial charge in [0.15, 0.2) is 0 Å². The van der Waals surface area contributed by atoms with Crippen molar-refractivity contribution < 1.29 is 4.74 Å². The molecule has 6 heteroatoms. The van der Waals surface area contributed by atoms with Gasteiger partial charge < -0.3 is 4.74 Å². The van der Waals surface area contributed by atoms with Gasteiger partial charge >= 0.3 is 0 Å². The van der Waals surface area contributed by atoms with Crippen LogP contribution in [0.5, 0.6) is 5.75 Å². The summed E-state index contributed by atoms with van der Waals surface area (Å²) in [7, 11) is 0. The van der Waals surface area contributed by atoms with Gasteiger partial charge in [-0.25, -0.2) is 4.98 Å². The van der Waals surface area contributed by atoms with Crippen molar-refractivity contribution in [3.8, 4) is 5.75 Å². The van der Waals surface area contributed by atoms with E-state index in [2.05, 4.69) is 28.0 Å². The van der Waals surface area contributed by atoms with E-state index in [1.165, 1.54) is 11.1 Å². The molecule has 2 aliphatic heterocycles. The van der Waals surface area contributed by atoms with Crippen molar-refractivity contribution in [3.05, 3.63) is 75.3 Å². The minimum atomic E-state index is 0.00215. The Bertz CT molecular complexity index is 1100. The Balaban J connectivity index is 1.21. The average Bonchev–Trinajstić information content (AvgIpc) is 3.17. The van der Waals surface area contributed by atoms with Crippen LogP contribution in [0.1, 0.15) is 22.5 Å². The summed E-state index contributed by atoms with van der Waals surface area (Å²) in [5.74, 6) is 1.05. The first-order valence-electron chi connectivity index (χ1n) is 10.3. The molecule has 0 radical (unpaired) electrons. The smallest absolute Gasteiger partial charge is 0.258 e. The topological polar surface area (TPSA) is 50.1 Å². The van der Waals surface area contributed by atoms with Gasteiger partial charge in [-0.1, -0.05) is 18.2 Å². The molecule has 0 bridgehead atoms. The molecule has 6 nitrogen and oxygen atoms in total. The number of rotatable bonds is 4. The van der Waals surface area contributed by atoms with Crippen LogP contribution in [-0.4, -0.2) is 52.0 Å². The van der Waals surface area contributed by atoms with Gasteiger partial charge in [-0.3, -0.25) is 19.0 Å². The van der Waals surface area contributed by atoms with Crippen molar-refractivity contribution in [1.29, 1.82) is 0 Å². The molecule has 1 fully saturated rings. The van der Waals surface area contributed by atoms with Crippen LogP contribution in [0.15, 0.2) is 47.3 Å². The number of piperazine rings is 1. The highest BCUT2D eigenvalue weighted by molar-refractivity contribution is 5.41. The molecule has 29 heavy (non-hydrogen) atoms. The third kappa shape index (κ3) is 3.78. The molecule has 5 rings (SSSR count). The van der Waals surface area contributed by atoms with Crippen LogP contribution in [0.3, 0.4) is 0 Å². The second-order valence-electron chi connectivity index (χ2n) is 8.04. The quantitative estimate of drug-likeness (QED) is 0.684. The maximum Gasteiger partial charge on any atom is 0.258 e. The van der Waals surface area contributed by atoms with Crippen molar-refractivity contribution in [1.82, 2.24) is 19.2 Å². The minimum Gasteiger partial charge on any atom is -0.493 e. The molecule has 0 N–H and O–H groups in total. The van der Waals surface area contributed by atoms with Gasteiger partial charge in [0.2, 0.25) is 0 Å². The van der Waals surface area contributed by atoms with E-state index in [0.717, 1.165) is 75.1 Å². The van der Waals surface area contributed by atoms with Crippen LogP contribution < -0.4 is 10.3 Å². The second kappa shape index (κ2) is 7.61. The Morgan fingerprint density at radius 3 is 2.62 bits per heavy atom. The fourth-order valence-electron chi connectivity index (χ4n) is 4.38. The molecule has 3 aromatic rings. The molecule has 0 aliphatic carbocycles. The summed E-state index contributed by atoms with van der Waals surface area (Å²) in [5.41, 5.74) is 5.20. The van der Waals surface area contributed by atoms with Crippen LogP contribution in [-0.2, 0) is 19.5 Å². The average molecular weight is 390 g/mol. The second-order valence-corrected chi connectivity index (χ2v) is 8.04. The van der Waals surface area contributed by atoms with E-state index in [1.807, 2.05) is 25.1 Å². The van der Waals surface area contributed by atoms with Gasteiger partial charge in [0.1, 0.15) is 11.4 Å². The normalized spacial score (nSPS) is 17.4. The fourth-order valence-corrected chi connectivity index (χ4v) is 4.38. The number of aromatic nitrogens is 2. The van der Waals surface area contributed by atoms with Crippen LogP contribution in [0.25, 0.3) is 5.65 Å². The molecule has 0 saturated carbocycles. The number of hydrogen-bond acceptors (Lipinski definition) is 5. The summed E-state index contributed by atoms with van der Waals surface area (Å²) < 4.78 is 7.28. The number of hydrogen-bond donors (Lipinski definition) is 0. The SMILES string of the molecule is Cc1cccc2nc(CN3CCN(Cc4ccc5c(c4)CCO5)CC3)cc(=O)n12. The number of benzene rings is 1. The number of pyridine rings is 1. The highest BCUT2D eigenvalue weighted by Gasteiger charge is 2.19. The van der Waals surface area contributed by atoms with Crippen LogP contribution in [0, 0.1) is 6.92 Å². The first-order valence-corrected chi connectivity index (χ1v) is 10.3. The monoisotopic (exact) mass is 390 g/mol. The number of ether oxygens (including phenoxy) is 1. The van der Waals surface area contributed by atoms with Gasteiger partial charge in [0.05, 0.1) is 12.3 Å². The Morgan fingerprint density at radius 2 is 1.79 bits per heavy atom. The van der Waals surface area contributed by atoms with E-state index in [4.69, 9.17) is 9.72 Å². The Morgan fingerprint density at radius 1 is 1.00 bits per heavy atom. The van der Waals surface area contributed by atoms with Gasteiger partial charge in [0.25, 0.3) is 5.56 Å². The molecule has 0 amide bonds. The third-order valence-electron chi connectivity index (χ3n) is 5.94. The van der Waals surface area contributed by atoms with Crippen molar-refractivity contribution >= 4 is 5.65 Å². The largest absolute Gasteiger partial charge is 0.493 e. The Labute approximate surface area is 170 Å². The first kappa shape index (κ1) is 18.3. The molecule has 1 saturated heterocycles. The molecule has 0 atom stereocenters. The lowest BCUT2D eigenvalue weighted by Crippen LogP contribution is -2.45. The highest BCUT2D eigenvalue weighted by atomic mass is 16.5. The van der Waals surface area contributed by atoms with E-state index in [9.17, 15) is 4.79 Å². The fraction of sp³-hybridized carbons (Fsp3) is 0.391. The van der Waals surface area contributed by atoms with Gasteiger partial charge in [0, 0.05) is 57.4 Å². The van der Waals surface area contributed by atoms with Crippen molar-refractivity contribution in [2.24, 2.45) is 0 Å². The van der Waals surface area contributed by atoms with Crippen LogP contribution in [0.2, 0.25) is 0 Å². The van der Waals surface area contributed by atoms with E-state index >= 15 is 0 Å². The summed E-state index contributed by atoms with van der Waals surface area (Å²) in [5, 5.41) is 0. The maximum absolute atomic E-state index is 12.5. The molecule has 0 spiro atoms. The summed E-state index contributed by atoms with van der Waals surface area (Å²) in [6.07, 6.45) is 1.02. The zero-order valence-corrected chi connectivity index (χ0v) is 16.8. The molecular weight excluding hydrogens is 364 g/mol. The van der Waals surface area contributed by atoms with Gasteiger partial charge in [-0.2, -0.15) is 0 Å². The zero-order chi connectivity index (χ0) is 19.8. The van der Waals surface area contributed by atoms with Crippen molar-refractivity contribution in [3.63, 3.8) is 0 Å². The molecule has 2 aromatic heterocycles. The summed E-state index contributed by atoms with van der Waals surface area (Å²) in [4.78, 5) is 22.1. The van der Waals surface area contributed by atoms with E-state index in [0.29, 0.717) is 0 Å². The molecule has 4 heterocycles. The zero-order valence-electron chi connectivity index (χ0n) is 16.8. The molecular formula is C23H26N4O2. The van der Waals surface area contributed by atoms with Gasteiger partial charge in [-0.05, 0) is 36.2 Å². The number of nitrogens with zero attached hydrogens (tertiary/aromatic N) is 4. The standard InChI is InChI=1S/C23H26N4O2/c1-17-3-2-4-22-24-20(14-23(28)27(17)22)16-26-10-8-25(9-11-26)15-18-5-6-21-19(13-18)7-12-29-21/h2-6,13-14H,7-12,15-16H2,1H3. The lowest BCUT2D eigenvalue weighted by Gasteiger charge is -2.34. The van der Waals surface area contributed by atoms with Crippen molar-refractivity contribution in [2.45, 2.75) is 26.4 Å². The molecule has 0 unspecified atom stereocenters. The summed E-state index contributed by atoms with van der Waals surface area (Å²) in [6.45, 7) is 8.48. The van der Waals surface area contributed by atoms with Gasteiger partial charge in [-0.15, -0.1) is 0 Å². The van der Waals surface area contributed by atoms with Crippen LogP contribution >= 0.6 is 0 Å². The van der Waals surface area contributed by atoms with E-state index in [-0.39, 0.29) is 5.56 Å².